The van der Waals surface area contributed by atoms with Crippen LogP contribution in [0.1, 0.15) is 6.92 Å². The number of rotatable bonds is 3. The molecule has 98 valence electrons. The molecule has 1 aromatic heterocycles. The van der Waals surface area contributed by atoms with Crippen LogP contribution in [-0.4, -0.2) is 15.2 Å². The van der Waals surface area contributed by atoms with Crippen molar-refractivity contribution in [1.82, 2.24) is 4.98 Å². The molecule has 2 aromatic rings. The number of esters is 1. The number of benzene rings is 1. The summed E-state index contributed by atoms with van der Waals surface area (Å²) in [4.78, 5) is 15.1. The highest BCUT2D eigenvalue weighted by molar-refractivity contribution is 7.85. The fraction of sp³-hybridized carbons (Fsp3) is 0.0769. The van der Waals surface area contributed by atoms with Gasteiger partial charge >= 0.3 is 5.97 Å². The molecular weight excluding hydrogens is 269 g/mol. The van der Waals surface area contributed by atoms with Crippen LogP contribution < -0.4 is 4.74 Å². The molecule has 2 rings (SSSR count). The molecule has 0 N–H and O–H groups in total. The molecule has 0 radical (unpaired) electrons. The maximum absolute atomic E-state index is 13.2. The SMILES string of the molecule is CC(=O)Oc1cc(F)ccc1S(=O)c1ccccn1. The fourth-order valence-corrected chi connectivity index (χ4v) is 2.50. The lowest BCUT2D eigenvalue weighted by Gasteiger charge is -2.08. The van der Waals surface area contributed by atoms with Gasteiger partial charge in [-0.05, 0) is 24.3 Å². The number of hydrogen-bond acceptors (Lipinski definition) is 4. The number of aromatic nitrogens is 1. The second kappa shape index (κ2) is 5.71. The number of pyridine rings is 1. The molecule has 0 aliphatic heterocycles. The number of halogens is 1. The summed E-state index contributed by atoms with van der Waals surface area (Å²) < 4.78 is 30.3. The maximum Gasteiger partial charge on any atom is 0.308 e. The highest BCUT2D eigenvalue weighted by Gasteiger charge is 2.16. The minimum atomic E-state index is -1.64. The molecule has 1 atom stereocenters. The van der Waals surface area contributed by atoms with Crippen LogP contribution in [0.4, 0.5) is 4.39 Å². The first-order valence-electron chi connectivity index (χ1n) is 5.38. The number of nitrogens with zero attached hydrogens (tertiary/aromatic N) is 1. The number of ether oxygens (including phenoxy) is 1. The zero-order valence-corrected chi connectivity index (χ0v) is 10.8. The first kappa shape index (κ1) is 13.4. The van der Waals surface area contributed by atoms with Crippen LogP contribution >= 0.6 is 0 Å². The standard InChI is InChI=1S/C13H10FNO3S/c1-9(16)18-11-8-10(14)5-6-12(11)19(17)13-4-2-3-7-15-13/h2-8H,1H3. The predicted octanol–water partition coefficient (Wildman–Crippen LogP) is 2.31. The highest BCUT2D eigenvalue weighted by Crippen LogP contribution is 2.26. The highest BCUT2D eigenvalue weighted by atomic mass is 32.2. The summed E-state index contributed by atoms with van der Waals surface area (Å²) in [5.41, 5.74) is 0. The summed E-state index contributed by atoms with van der Waals surface area (Å²) in [6.45, 7) is 1.19. The van der Waals surface area contributed by atoms with Gasteiger partial charge in [0.05, 0.1) is 4.90 Å². The number of hydrogen-bond donors (Lipinski definition) is 0. The molecule has 19 heavy (non-hydrogen) atoms. The molecule has 0 saturated carbocycles. The van der Waals surface area contributed by atoms with E-state index in [1.165, 1.54) is 19.2 Å². The van der Waals surface area contributed by atoms with Gasteiger partial charge in [-0.15, -0.1) is 0 Å². The van der Waals surface area contributed by atoms with Crippen LogP contribution in [0.3, 0.4) is 0 Å². The minimum absolute atomic E-state index is 0.0588. The van der Waals surface area contributed by atoms with Crippen molar-refractivity contribution < 1.29 is 18.1 Å². The lowest BCUT2D eigenvalue weighted by atomic mass is 10.3. The average Bonchev–Trinajstić information content (AvgIpc) is 2.38. The monoisotopic (exact) mass is 279 g/mol. The summed E-state index contributed by atoms with van der Waals surface area (Å²) in [6.07, 6.45) is 1.50. The van der Waals surface area contributed by atoms with Gasteiger partial charge in [-0.25, -0.2) is 13.6 Å². The van der Waals surface area contributed by atoms with Gasteiger partial charge < -0.3 is 4.74 Å². The molecule has 0 amide bonds. The third-order valence-corrected chi connectivity index (χ3v) is 3.55. The Morgan fingerprint density at radius 3 is 2.74 bits per heavy atom. The number of carbonyl (C=O) groups excluding carboxylic acids is 1. The Labute approximate surface area is 111 Å². The zero-order valence-electron chi connectivity index (χ0n) is 10.00. The Morgan fingerprint density at radius 1 is 1.32 bits per heavy atom. The lowest BCUT2D eigenvalue weighted by Crippen LogP contribution is -2.06. The van der Waals surface area contributed by atoms with Gasteiger partial charge in [0.15, 0.2) is 0 Å². The first-order chi connectivity index (χ1) is 9.08. The largest absolute Gasteiger partial charge is 0.425 e. The molecule has 1 unspecified atom stereocenters. The third-order valence-electron chi connectivity index (χ3n) is 2.19. The van der Waals surface area contributed by atoms with Crippen molar-refractivity contribution in [2.45, 2.75) is 16.8 Å². The Morgan fingerprint density at radius 2 is 2.11 bits per heavy atom. The van der Waals surface area contributed by atoms with E-state index in [1.807, 2.05) is 0 Å². The summed E-state index contributed by atoms with van der Waals surface area (Å²) in [6, 6.07) is 8.46. The van der Waals surface area contributed by atoms with E-state index in [1.54, 1.807) is 18.2 Å². The van der Waals surface area contributed by atoms with Crippen LogP contribution in [0.15, 0.2) is 52.5 Å². The van der Waals surface area contributed by atoms with Crippen LogP contribution in [0, 0.1) is 5.82 Å². The molecule has 1 aromatic carbocycles. The van der Waals surface area contributed by atoms with Crippen LogP contribution in [-0.2, 0) is 15.6 Å². The quantitative estimate of drug-likeness (QED) is 0.639. The van der Waals surface area contributed by atoms with Gasteiger partial charge in [0.25, 0.3) is 0 Å². The normalized spacial score (nSPS) is 11.9. The molecule has 0 aliphatic rings. The molecule has 0 saturated heterocycles. The lowest BCUT2D eigenvalue weighted by molar-refractivity contribution is -0.132. The molecule has 0 spiro atoms. The second-order valence-corrected chi connectivity index (χ2v) is 5.02. The summed E-state index contributed by atoms with van der Waals surface area (Å²) in [5, 5.41) is 0.308. The van der Waals surface area contributed by atoms with Crippen molar-refractivity contribution in [3.63, 3.8) is 0 Å². The summed E-state index contributed by atoms with van der Waals surface area (Å²) >= 11 is 0. The van der Waals surface area contributed by atoms with E-state index in [0.29, 0.717) is 5.03 Å². The zero-order chi connectivity index (χ0) is 13.8. The van der Waals surface area contributed by atoms with Crippen LogP contribution in [0.25, 0.3) is 0 Å². The Bertz CT molecular complexity index is 631. The van der Waals surface area contributed by atoms with Gasteiger partial charge in [-0.3, -0.25) is 4.79 Å². The van der Waals surface area contributed by atoms with Crippen molar-refractivity contribution >= 4 is 16.8 Å². The predicted molar refractivity (Wildman–Crippen MR) is 66.6 cm³/mol. The van der Waals surface area contributed by atoms with Crippen LogP contribution in [0.2, 0.25) is 0 Å². The number of carbonyl (C=O) groups is 1. The molecule has 1 heterocycles. The molecule has 0 aliphatic carbocycles. The summed E-state index contributed by atoms with van der Waals surface area (Å²) in [7, 11) is -1.64. The molecular formula is C13H10FNO3S. The van der Waals surface area contributed by atoms with E-state index in [-0.39, 0.29) is 10.6 Å². The van der Waals surface area contributed by atoms with E-state index in [9.17, 15) is 13.4 Å². The van der Waals surface area contributed by atoms with E-state index in [0.717, 1.165) is 12.1 Å². The van der Waals surface area contributed by atoms with Crippen molar-refractivity contribution in [3.8, 4) is 5.75 Å². The molecule has 0 bridgehead atoms. The minimum Gasteiger partial charge on any atom is -0.425 e. The van der Waals surface area contributed by atoms with E-state index in [4.69, 9.17) is 4.74 Å². The first-order valence-corrected chi connectivity index (χ1v) is 6.53. The van der Waals surface area contributed by atoms with Gasteiger partial charge in [0.2, 0.25) is 0 Å². The Kier molecular flexibility index (Phi) is 4.01. The molecule has 0 fully saturated rings. The fourth-order valence-electron chi connectivity index (χ4n) is 1.44. The third kappa shape index (κ3) is 3.23. The van der Waals surface area contributed by atoms with Crippen molar-refractivity contribution in [3.05, 3.63) is 48.4 Å². The van der Waals surface area contributed by atoms with Crippen molar-refractivity contribution in [1.29, 1.82) is 0 Å². The Balaban J connectivity index is 2.44. The van der Waals surface area contributed by atoms with Gasteiger partial charge in [-0.2, -0.15) is 0 Å². The van der Waals surface area contributed by atoms with E-state index >= 15 is 0 Å². The van der Waals surface area contributed by atoms with Gasteiger partial charge in [0, 0.05) is 19.2 Å². The summed E-state index contributed by atoms with van der Waals surface area (Å²) in [5.74, 6) is -1.24. The average molecular weight is 279 g/mol. The van der Waals surface area contributed by atoms with E-state index < -0.39 is 22.6 Å². The van der Waals surface area contributed by atoms with Gasteiger partial charge in [0.1, 0.15) is 27.4 Å². The smallest absolute Gasteiger partial charge is 0.308 e. The van der Waals surface area contributed by atoms with Crippen molar-refractivity contribution in [2.75, 3.05) is 0 Å². The van der Waals surface area contributed by atoms with E-state index in [2.05, 4.69) is 4.98 Å². The van der Waals surface area contributed by atoms with Crippen LogP contribution in [0.5, 0.6) is 5.75 Å². The topological polar surface area (TPSA) is 56.3 Å². The molecule has 6 heteroatoms. The van der Waals surface area contributed by atoms with Crippen molar-refractivity contribution in [2.24, 2.45) is 0 Å². The van der Waals surface area contributed by atoms with Gasteiger partial charge in [-0.1, -0.05) is 6.07 Å². The second-order valence-electron chi connectivity index (χ2n) is 3.62. The molecule has 4 nitrogen and oxygen atoms in total. The maximum atomic E-state index is 13.2. The Hall–Kier alpha value is -2.08.